The topological polar surface area (TPSA) is 15.3 Å². The van der Waals surface area contributed by atoms with Gasteiger partial charge in [0.2, 0.25) is 0 Å². The van der Waals surface area contributed by atoms with Crippen molar-refractivity contribution in [2.24, 2.45) is 0 Å². The van der Waals surface area contributed by atoms with Crippen molar-refractivity contribution in [1.29, 1.82) is 0 Å². The van der Waals surface area contributed by atoms with Crippen molar-refractivity contribution >= 4 is 22.9 Å². The van der Waals surface area contributed by atoms with E-state index in [4.69, 9.17) is 11.6 Å². The monoisotopic (exact) mass is 274 g/mol. The maximum atomic E-state index is 5.93. The quantitative estimate of drug-likeness (QED) is 0.729. The number of halogens is 1. The zero-order valence-electron chi connectivity index (χ0n) is 11.0. The molecule has 1 aromatic rings. The molecule has 17 heavy (non-hydrogen) atoms. The van der Waals surface area contributed by atoms with E-state index in [1.54, 1.807) is 11.3 Å². The summed E-state index contributed by atoms with van der Waals surface area (Å²) in [4.78, 5) is 3.72. The first kappa shape index (κ1) is 15.0. The van der Waals surface area contributed by atoms with Gasteiger partial charge in [0.05, 0.1) is 4.34 Å². The molecule has 1 N–H and O–H groups in total. The van der Waals surface area contributed by atoms with Gasteiger partial charge in [-0.1, -0.05) is 18.5 Å². The highest BCUT2D eigenvalue weighted by Gasteiger charge is 2.10. The standard InChI is InChI=1S/C13H23ClN2S/c1-4-8-15-9-7-11(2)16(3)10-12-5-6-13(14)17-12/h5-6,11,15H,4,7-10H2,1-3H3. The third-order valence-electron chi connectivity index (χ3n) is 2.95. The minimum absolute atomic E-state index is 0.597. The summed E-state index contributed by atoms with van der Waals surface area (Å²) in [5.41, 5.74) is 0. The maximum Gasteiger partial charge on any atom is 0.0931 e. The van der Waals surface area contributed by atoms with E-state index in [0.717, 1.165) is 24.0 Å². The van der Waals surface area contributed by atoms with Crippen LogP contribution in [0.25, 0.3) is 0 Å². The summed E-state index contributed by atoms with van der Waals surface area (Å²) in [6.07, 6.45) is 2.40. The number of nitrogens with one attached hydrogen (secondary N) is 1. The van der Waals surface area contributed by atoms with Crippen LogP contribution in [0.15, 0.2) is 12.1 Å². The van der Waals surface area contributed by atoms with Crippen molar-refractivity contribution < 1.29 is 0 Å². The van der Waals surface area contributed by atoms with Gasteiger partial charge in [-0.05, 0) is 52.0 Å². The van der Waals surface area contributed by atoms with Crippen molar-refractivity contribution in [3.8, 4) is 0 Å². The lowest BCUT2D eigenvalue weighted by Gasteiger charge is -2.24. The molecule has 1 atom stereocenters. The predicted molar refractivity (Wildman–Crippen MR) is 78.0 cm³/mol. The Morgan fingerprint density at radius 2 is 2.18 bits per heavy atom. The van der Waals surface area contributed by atoms with Crippen molar-refractivity contribution in [3.05, 3.63) is 21.3 Å². The molecule has 0 amide bonds. The third-order valence-corrected chi connectivity index (χ3v) is 4.17. The molecule has 0 aliphatic rings. The number of hydrogen-bond acceptors (Lipinski definition) is 3. The maximum absolute atomic E-state index is 5.93. The van der Waals surface area contributed by atoms with Crippen LogP contribution in [0.5, 0.6) is 0 Å². The Morgan fingerprint density at radius 3 is 2.76 bits per heavy atom. The van der Waals surface area contributed by atoms with Crippen LogP contribution in [0.3, 0.4) is 0 Å². The lowest BCUT2D eigenvalue weighted by Crippen LogP contribution is -2.31. The van der Waals surface area contributed by atoms with Crippen molar-refractivity contribution in [2.45, 2.75) is 39.3 Å². The molecule has 1 rings (SSSR count). The normalized spacial score (nSPS) is 13.2. The van der Waals surface area contributed by atoms with Crippen LogP contribution in [0, 0.1) is 0 Å². The van der Waals surface area contributed by atoms with Gasteiger partial charge < -0.3 is 5.32 Å². The van der Waals surface area contributed by atoms with Crippen molar-refractivity contribution in [3.63, 3.8) is 0 Å². The second-order valence-electron chi connectivity index (χ2n) is 4.51. The van der Waals surface area contributed by atoms with Crippen LogP contribution in [0.2, 0.25) is 4.34 Å². The Morgan fingerprint density at radius 1 is 1.41 bits per heavy atom. The second kappa shape index (κ2) is 8.09. The number of hydrogen-bond donors (Lipinski definition) is 1. The molecule has 0 bridgehead atoms. The van der Waals surface area contributed by atoms with Crippen LogP contribution < -0.4 is 5.32 Å². The van der Waals surface area contributed by atoms with Gasteiger partial charge in [-0.25, -0.2) is 0 Å². The first-order valence-corrected chi connectivity index (χ1v) is 7.48. The molecule has 0 aliphatic heterocycles. The molecule has 1 aromatic heterocycles. The van der Waals surface area contributed by atoms with E-state index < -0.39 is 0 Å². The Hall–Kier alpha value is -0.0900. The molecule has 1 heterocycles. The van der Waals surface area contributed by atoms with E-state index in [2.05, 4.69) is 37.2 Å². The highest BCUT2D eigenvalue weighted by molar-refractivity contribution is 7.16. The average molecular weight is 275 g/mol. The SMILES string of the molecule is CCCNCCC(C)N(C)Cc1ccc(Cl)s1. The van der Waals surface area contributed by atoms with Gasteiger partial charge in [-0.3, -0.25) is 4.90 Å². The predicted octanol–water partition coefficient (Wildman–Crippen LogP) is 3.61. The van der Waals surface area contributed by atoms with Gasteiger partial charge in [0.1, 0.15) is 0 Å². The first-order valence-electron chi connectivity index (χ1n) is 6.28. The van der Waals surface area contributed by atoms with Gasteiger partial charge in [-0.2, -0.15) is 0 Å². The van der Waals surface area contributed by atoms with E-state index in [0.29, 0.717) is 6.04 Å². The molecule has 0 saturated heterocycles. The Balaban J connectivity index is 2.24. The molecule has 0 radical (unpaired) electrons. The molecule has 0 spiro atoms. The van der Waals surface area contributed by atoms with Gasteiger partial charge in [0.15, 0.2) is 0 Å². The summed E-state index contributed by atoms with van der Waals surface area (Å²) in [5, 5.41) is 3.44. The minimum atomic E-state index is 0.597. The second-order valence-corrected chi connectivity index (χ2v) is 6.31. The zero-order valence-corrected chi connectivity index (χ0v) is 12.6. The molecular weight excluding hydrogens is 252 g/mol. The van der Waals surface area contributed by atoms with Gasteiger partial charge in [0, 0.05) is 17.5 Å². The van der Waals surface area contributed by atoms with E-state index in [1.165, 1.54) is 17.7 Å². The average Bonchev–Trinajstić information content (AvgIpc) is 2.70. The van der Waals surface area contributed by atoms with Crippen LogP contribution in [-0.4, -0.2) is 31.1 Å². The largest absolute Gasteiger partial charge is 0.317 e. The molecule has 4 heteroatoms. The smallest absolute Gasteiger partial charge is 0.0931 e. The van der Waals surface area contributed by atoms with Crippen LogP contribution in [-0.2, 0) is 6.54 Å². The van der Waals surface area contributed by atoms with Gasteiger partial charge >= 0.3 is 0 Å². The number of nitrogens with zero attached hydrogens (tertiary/aromatic N) is 1. The fourth-order valence-electron chi connectivity index (χ4n) is 1.67. The van der Waals surface area contributed by atoms with Gasteiger partial charge in [0.25, 0.3) is 0 Å². The Labute approximate surface area is 114 Å². The minimum Gasteiger partial charge on any atom is -0.317 e. The lowest BCUT2D eigenvalue weighted by atomic mass is 10.2. The zero-order chi connectivity index (χ0) is 12.7. The molecule has 0 fully saturated rings. The summed E-state index contributed by atoms with van der Waals surface area (Å²) < 4.78 is 0.880. The molecule has 98 valence electrons. The highest BCUT2D eigenvalue weighted by Crippen LogP contribution is 2.23. The fourth-order valence-corrected chi connectivity index (χ4v) is 2.82. The van der Waals surface area contributed by atoms with Crippen LogP contribution >= 0.6 is 22.9 Å². The van der Waals surface area contributed by atoms with E-state index in [-0.39, 0.29) is 0 Å². The van der Waals surface area contributed by atoms with E-state index >= 15 is 0 Å². The van der Waals surface area contributed by atoms with Crippen molar-refractivity contribution in [1.82, 2.24) is 10.2 Å². The van der Waals surface area contributed by atoms with Crippen molar-refractivity contribution in [2.75, 3.05) is 20.1 Å². The lowest BCUT2D eigenvalue weighted by molar-refractivity contribution is 0.238. The van der Waals surface area contributed by atoms with E-state index in [1.807, 2.05) is 6.07 Å². The molecular formula is C13H23ClN2S. The third kappa shape index (κ3) is 5.87. The summed E-state index contributed by atoms with van der Waals surface area (Å²) in [7, 11) is 2.18. The molecule has 1 unspecified atom stereocenters. The van der Waals surface area contributed by atoms with E-state index in [9.17, 15) is 0 Å². The summed E-state index contributed by atoms with van der Waals surface area (Å²) >= 11 is 7.61. The summed E-state index contributed by atoms with van der Waals surface area (Å²) in [6.45, 7) is 7.69. The first-order chi connectivity index (χ1) is 8.13. The number of thiophene rings is 1. The Bertz CT molecular complexity index is 314. The Kier molecular flexibility index (Phi) is 7.12. The summed E-state index contributed by atoms with van der Waals surface area (Å²) in [5.74, 6) is 0. The van der Waals surface area contributed by atoms with Crippen LogP contribution in [0.1, 0.15) is 31.6 Å². The van der Waals surface area contributed by atoms with Crippen LogP contribution in [0.4, 0.5) is 0 Å². The molecule has 0 aromatic carbocycles. The highest BCUT2D eigenvalue weighted by atomic mass is 35.5. The number of rotatable bonds is 8. The molecule has 0 aliphatic carbocycles. The molecule has 2 nitrogen and oxygen atoms in total. The van der Waals surface area contributed by atoms with Gasteiger partial charge in [-0.15, -0.1) is 11.3 Å². The summed E-state index contributed by atoms with van der Waals surface area (Å²) in [6, 6.07) is 4.69. The fraction of sp³-hybridized carbons (Fsp3) is 0.692. The molecule has 0 saturated carbocycles.